The summed E-state index contributed by atoms with van der Waals surface area (Å²) in [5.41, 5.74) is 0. The van der Waals surface area contributed by atoms with E-state index in [1.165, 1.54) is 193 Å². The minimum Gasteiger partial charge on any atom is -0.378 e. The van der Waals surface area contributed by atoms with E-state index in [2.05, 4.69) is 57.1 Å². The number of rotatable bonds is 37. The molecule has 0 aliphatic heterocycles. The van der Waals surface area contributed by atoms with Gasteiger partial charge in [0.25, 0.3) is 0 Å². The maximum absolute atomic E-state index is 6.40. The van der Waals surface area contributed by atoms with Crippen molar-refractivity contribution >= 4 is 0 Å². The van der Waals surface area contributed by atoms with Crippen LogP contribution in [0.3, 0.4) is 0 Å². The van der Waals surface area contributed by atoms with Gasteiger partial charge in [-0.2, -0.15) is 0 Å². The highest BCUT2D eigenvalue weighted by molar-refractivity contribution is 4.82. The quantitative estimate of drug-likeness (QED) is 0.0508. The molecule has 0 N–H and O–H groups in total. The lowest BCUT2D eigenvalue weighted by molar-refractivity contribution is 0.0342. The Morgan fingerprint density at radius 1 is 0.409 bits per heavy atom. The minimum atomic E-state index is 0.491. The summed E-state index contributed by atoms with van der Waals surface area (Å²) in [4.78, 5) is 2.27. The van der Waals surface area contributed by atoms with Crippen LogP contribution in [0.25, 0.3) is 0 Å². The second-order valence-corrected chi connectivity index (χ2v) is 14.1. The molecule has 44 heavy (non-hydrogen) atoms. The van der Waals surface area contributed by atoms with Crippen LogP contribution < -0.4 is 0 Å². The van der Waals surface area contributed by atoms with Crippen LogP contribution in [0, 0.1) is 0 Å². The second kappa shape index (κ2) is 38.6. The number of ether oxygens (including phenoxy) is 1. The first kappa shape index (κ1) is 43.4. The third-order valence-electron chi connectivity index (χ3n) is 9.18. The second-order valence-electron chi connectivity index (χ2n) is 14.1. The zero-order chi connectivity index (χ0) is 32.0. The van der Waals surface area contributed by atoms with E-state index in [4.69, 9.17) is 4.74 Å². The molecule has 0 heterocycles. The van der Waals surface area contributed by atoms with Gasteiger partial charge in [-0.05, 0) is 91.3 Å². The van der Waals surface area contributed by atoms with Gasteiger partial charge < -0.3 is 9.64 Å². The number of unbranched alkanes of at least 4 members (excludes halogenated alkanes) is 24. The highest BCUT2D eigenvalue weighted by Gasteiger charge is 2.09. The van der Waals surface area contributed by atoms with Crippen molar-refractivity contribution in [1.82, 2.24) is 4.90 Å². The highest BCUT2D eigenvalue weighted by atomic mass is 16.5. The minimum absolute atomic E-state index is 0.491. The summed E-state index contributed by atoms with van der Waals surface area (Å²) >= 11 is 0. The maximum Gasteiger partial charge on any atom is 0.0575 e. The van der Waals surface area contributed by atoms with Crippen LogP contribution in [0.4, 0.5) is 0 Å². The van der Waals surface area contributed by atoms with Gasteiger partial charge in [-0.1, -0.05) is 167 Å². The van der Waals surface area contributed by atoms with Gasteiger partial charge in [0.05, 0.1) is 6.10 Å². The first-order valence-electron chi connectivity index (χ1n) is 20.3. The molecule has 0 aromatic heterocycles. The number of hydrogen-bond donors (Lipinski definition) is 0. The topological polar surface area (TPSA) is 12.5 Å². The van der Waals surface area contributed by atoms with Crippen molar-refractivity contribution in [1.29, 1.82) is 0 Å². The summed E-state index contributed by atoms with van der Waals surface area (Å²) < 4.78 is 6.40. The normalized spacial score (nSPS) is 12.8. The molecule has 0 atom stereocenters. The fourth-order valence-corrected chi connectivity index (χ4v) is 6.18. The van der Waals surface area contributed by atoms with Crippen LogP contribution in [0.1, 0.15) is 213 Å². The molecule has 0 radical (unpaired) electrons. The SMILES string of the molecule is CCCCCCCCC=CCCCCCCCCC(CCCCCCCCC=CCCCCCCCC)OCCCN(C)C. The van der Waals surface area contributed by atoms with E-state index in [0.717, 1.165) is 19.6 Å². The van der Waals surface area contributed by atoms with Crippen LogP contribution in [0.15, 0.2) is 24.3 Å². The molecule has 0 aliphatic rings. The average molecular weight is 618 g/mol. The molecule has 0 unspecified atom stereocenters. The van der Waals surface area contributed by atoms with E-state index in [1.54, 1.807) is 0 Å². The van der Waals surface area contributed by atoms with Crippen LogP contribution >= 0.6 is 0 Å². The molecule has 0 spiro atoms. The Morgan fingerprint density at radius 2 is 0.727 bits per heavy atom. The van der Waals surface area contributed by atoms with E-state index in [9.17, 15) is 0 Å². The monoisotopic (exact) mass is 618 g/mol. The van der Waals surface area contributed by atoms with E-state index in [0.29, 0.717) is 6.10 Å². The molecule has 0 aliphatic carbocycles. The van der Waals surface area contributed by atoms with E-state index in [1.807, 2.05) is 0 Å². The molecule has 0 saturated carbocycles. The molecule has 262 valence electrons. The summed E-state index contributed by atoms with van der Waals surface area (Å²) in [6.45, 7) is 6.66. The van der Waals surface area contributed by atoms with Gasteiger partial charge in [0, 0.05) is 6.61 Å². The lowest BCUT2D eigenvalue weighted by Crippen LogP contribution is -2.18. The molecule has 0 saturated heterocycles. The Kier molecular flexibility index (Phi) is 38.1. The number of hydrogen-bond acceptors (Lipinski definition) is 2. The molecule has 0 fully saturated rings. The van der Waals surface area contributed by atoms with Gasteiger partial charge in [-0.3, -0.25) is 0 Å². The Bertz CT molecular complexity index is 526. The smallest absolute Gasteiger partial charge is 0.0575 e. The van der Waals surface area contributed by atoms with Crippen molar-refractivity contribution in [3.05, 3.63) is 24.3 Å². The summed E-state index contributed by atoms with van der Waals surface area (Å²) in [7, 11) is 4.33. The van der Waals surface area contributed by atoms with Crippen molar-refractivity contribution < 1.29 is 4.74 Å². The Labute approximate surface area is 279 Å². The lowest BCUT2D eigenvalue weighted by atomic mass is 10.0. The molecule has 0 aromatic rings. The Hall–Kier alpha value is -0.600. The van der Waals surface area contributed by atoms with Gasteiger partial charge in [0.1, 0.15) is 0 Å². The van der Waals surface area contributed by atoms with Gasteiger partial charge in [-0.25, -0.2) is 0 Å². The van der Waals surface area contributed by atoms with Crippen molar-refractivity contribution in [3.8, 4) is 0 Å². The van der Waals surface area contributed by atoms with Crippen molar-refractivity contribution in [2.45, 2.75) is 219 Å². The highest BCUT2D eigenvalue weighted by Crippen LogP contribution is 2.18. The molecule has 0 amide bonds. The van der Waals surface area contributed by atoms with Crippen LogP contribution in [0.2, 0.25) is 0 Å². The standard InChI is InChI=1S/C42H83NO/c1-5-7-9-11-13-15-17-19-21-23-25-27-29-31-33-35-38-42(44-41-37-40-43(3)4)39-36-34-32-30-28-26-24-22-20-18-16-14-12-10-8-6-2/h19-22,42H,5-18,23-41H2,1-4H3. The third kappa shape index (κ3) is 37.6. The molecule has 0 bridgehead atoms. The number of nitrogens with zero attached hydrogens (tertiary/aromatic N) is 1. The fourth-order valence-electron chi connectivity index (χ4n) is 6.18. The summed E-state index contributed by atoms with van der Waals surface area (Å²) in [5.74, 6) is 0. The van der Waals surface area contributed by atoms with Gasteiger partial charge in [-0.15, -0.1) is 0 Å². The average Bonchev–Trinajstić information content (AvgIpc) is 3.02. The Balaban J connectivity index is 3.77. The van der Waals surface area contributed by atoms with Crippen molar-refractivity contribution in [3.63, 3.8) is 0 Å². The fraction of sp³-hybridized carbons (Fsp3) is 0.905. The van der Waals surface area contributed by atoms with Crippen LogP contribution in [0.5, 0.6) is 0 Å². The van der Waals surface area contributed by atoms with Gasteiger partial charge in [0.15, 0.2) is 0 Å². The molecule has 0 rings (SSSR count). The Morgan fingerprint density at radius 3 is 1.07 bits per heavy atom. The molecule has 2 heteroatoms. The first-order valence-corrected chi connectivity index (χ1v) is 20.3. The molecule has 2 nitrogen and oxygen atoms in total. The molecule has 0 aromatic carbocycles. The van der Waals surface area contributed by atoms with Gasteiger partial charge in [0.2, 0.25) is 0 Å². The zero-order valence-electron chi connectivity index (χ0n) is 31.1. The molecular weight excluding hydrogens is 534 g/mol. The lowest BCUT2D eigenvalue weighted by Gasteiger charge is -2.19. The maximum atomic E-state index is 6.40. The third-order valence-corrected chi connectivity index (χ3v) is 9.18. The van der Waals surface area contributed by atoms with E-state index in [-0.39, 0.29) is 0 Å². The zero-order valence-corrected chi connectivity index (χ0v) is 31.1. The van der Waals surface area contributed by atoms with Crippen molar-refractivity contribution in [2.24, 2.45) is 0 Å². The predicted molar refractivity (Wildman–Crippen MR) is 201 cm³/mol. The van der Waals surface area contributed by atoms with Crippen LogP contribution in [-0.4, -0.2) is 38.3 Å². The summed E-state index contributed by atoms with van der Waals surface area (Å²) in [6, 6.07) is 0. The van der Waals surface area contributed by atoms with E-state index < -0.39 is 0 Å². The summed E-state index contributed by atoms with van der Waals surface area (Å²) in [6.07, 6.45) is 52.7. The van der Waals surface area contributed by atoms with Gasteiger partial charge >= 0.3 is 0 Å². The van der Waals surface area contributed by atoms with Crippen LogP contribution in [-0.2, 0) is 4.74 Å². The predicted octanol–water partition coefficient (Wildman–Crippen LogP) is 14.2. The van der Waals surface area contributed by atoms with Crippen molar-refractivity contribution in [2.75, 3.05) is 27.2 Å². The van der Waals surface area contributed by atoms with E-state index >= 15 is 0 Å². The molecular formula is C42H83NO. The summed E-state index contributed by atoms with van der Waals surface area (Å²) in [5, 5.41) is 0. The number of allylic oxidation sites excluding steroid dienone is 4. The largest absolute Gasteiger partial charge is 0.378 e. The first-order chi connectivity index (χ1) is 21.7.